The van der Waals surface area contributed by atoms with E-state index in [1.807, 2.05) is 18.4 Å². The number of aromatic nitrogens is 4. The van der Waals surface area contributed by atoms with Crippen LogP contribution < -0.4 is 16.3 Å². The van der Waals surface area contributed by atoms with Crippen LogP contribution in [-0.4, -0.2) is 31.1 Å². The van der Waals surface area contributed by atoms with Gasteiger partial charge in [0.2, 0.25) is 5.43 Å². The van der Waals surface area contributed by atoms with Crippen LogP contribution >= 0.6 is 0 Å². The molecule has 0 unspecified atom stereocenters. The fraction of sp³-hybridized carbons (Fsp3) is 0.174. The molecule has 4 rings (SSSR count). The van der Waals surface area contributed by atoms with Crippen molar-refractivity contribution in [3.8, 4) is 5.69 Å². The number of para-hydroxylation sites is 1. The van der Waals surface area contributed by atoms with Crippen LogP contribution in [0.1, 0.15) is 39.3 Å². The Morgan fingerprint density at radius 2 is 1.76 bits per heavy atom. The first-order chi connectivity index (χ1) is 15.8. The number of carbonyl (C=O) groups excluding carboxylic acids is 2. The number of hydrazine groups is 1. The van der Waals surface area contributed by atoms with Gasteiger partial charge in [0.1, 0.15) is 17.3 Å². The molecule has 0 bridgehead atoms. The summed E-state index contributed by atoms with van der Waals surface area (Å²) in [6.45, 7) is 6.20. The van der Waals surface area contributed by atoms with Gasteiger partial charge in [-0.25, -0.2) is 14.1 Å². The predicted octanol–water partition coefficient (Wildman–Crippen LogP) is 2.43. The number of nitrogens with zero attached hydrogens (tertiary/aromatic N) is 4. The quantitative estimate of drug-likeness (QED) is 0.466. The van der Waals surface area contributed by atoms with E-state index < -0.39 is 28.8 Å². The molecule has 0 aliphatic carbocycles. The Hall–Kier alpha value is -4.34. The third-order valence-corrected chi connectivity index (χ3v) is 5.21. The second kappa shape index (κ2) is 8.65. The van der Waals surface area contributed by atoms with Gasteiger partial charge in [0.05, 0.1) is 11.0 Å². The summed E-state index contributed by atoms with van der Waals surface area (Å²) in [6.07, 6.45) is 0. The SMILES string of the molecule is CCn1c(C)nc2cc(C(=O)NNC(=O)c3nn(-c4ccccc4F)c(C)cc3=O)ccc21. The second-order valence-corrected chi connectivity index (χ2v) is 7.38. The lowest BCUT2D eigenvalue weighted by Gasteiger charge is -2.12. The molecule has 168 valence electrons. The van der Waals surface area contributed by atoms with Crippen molar-refractivity contribution >= 4 is 22.8 Å². The number of imidazole rings is 1. The standard InChI is InChI=1S/C23H21FN6O3/c1-4-29-14(3)25-17-12-15(9-10-19(17)29)22(32)26-27-23(33)21-20(31)11-13(2)30(28-21)18-8-6-5-7-16(18)24/h5-12H,4H2,1-3H3,(H,26,32)(H,27,33). The first-order valence-corrected chi connectivity index (χ1v) is 10.2. The molecule has 0 aliphatic heterocycles. The number of amides is 2. The maximum atomic E-state index is 14.2. The van der Waals surface area contributed by atoms with Gasteiger partial charge >= 0.3 is 0 Å². The van der Waals surface area contributed by atoms with Crippen LogP contribution in [0.2, 0.25) is 0 Å². The van der Waals surface area contributed by atoms with Gasteiger partial charge in [-0.05, 0) is 51.1 Å². The van der Waals surface area contributed by atoms with Crippen molar-refractivity contribution in [1.82, 2.24) is 30.2 Å². The number of hydrogen-bond acceptors (Lipinski definition) is 5. The Kier molecular flexibility index (Phi) is 5.74. The fourth-order valence-corrected chi connectivity index (χ4v) is 3.61. The van der Waals surface area contributed by atoms with Gasteiger partial charge in [0.25, 0.3) is 11.8 Å². The highest BCUT2D eigenvalue weighted by Gasteiger charge is 2.18. The molecule has 2 aromatic heterocycles. The number of aryl methyl sites for hydroxylation is 3. The van der Waals surface area contributed by atoms with Crippen molar-refractivity contribution in [3.05, 3.63) is 87.3 Å². The number of rotatable bonds is 4. The van der Waals surface area contributed by atoms with Gasteiger partial charge in [0, 0.05) is 23.9 Å². The molecule has 2 N–H and O–H groups in total. The van der Waals surface area contributed by atoms with E-state index in [1.54, 1.807) is 31.2 Å². The van der Waals surface area contributed by atoms with Crippen molar-refractivity contribution in [2.45, 2.75) is 27.3 Å². The first-order valence-electron chi connectivity index (χ1n) is 10.2. The van der Waals surface area contributed by atoms with Crippen molar-refractivity contribution in [3.63, 3.8) is 0 Å². The third-order valence-electron chi connectivity index (χ3n) is 5.21. The summed E-state index contributed by atoms with van der Waals surface area (Å²) in [5.41, 5.74) is 5.59. The molecular formula is C23H21FN6O3. The number of halogens is 1. The van der Waals surface area contributed by atoms with Gasteiger partial charge < -0.3 is 4.57 Å². The first kappa shape index (κ1) is 21.9. The molecule has 2 heterocycles. The monoisotopic (exact) mass is 448 g/mol. The van der Waals surface area contributed by atoms with Crippen LogP contribution in [0.4, 0.5) is 4.39 Å². The van der Waals surface area contributed by atoms with Crippen LogP contribution in [0.5, 0.6) is 0 Å². The van der Waals surface area contributed by atoms with Gasteiger partial charge in [0.15, 0.2) is 5.69 Å². The van der Waals surface area contributed by atoms with Crippen LogP contribution in [0, 0.1) is 19.7 Å². The highest BCUT2D eigenvalue weighted by molar-refractivity contribution is 6.00. The molecule has 0 fully saturated rings. The number of nitrogens with one attached hydrogen (secondary N) is 2. The summed E-state index contributed by atoms with van der Waals surface area (Å²) in [4.78, 5) is 41.9. The maximum absolute atomic E-state index is 14.2. The molecule has 0 saturated carbocycles. The van der Waals surface area contributed by atoms with Crippen molar-refractivity contribution < 1.29 is 14.0 Å². The molecule has 0 radical (unpaired) electrons. The highest BCUT2D eigenvalue weighted by Crippen LogP contribution is 2.18. The number of fused-ring (bicyclic) bond motifs is 1. The maximum Gasteiger partial charge on any atom is 0.294 e. The summed E-state index contributed by atoms with van der Waals surface area (Å²) < 4.78 is 17.4. The van der Waals surface area contributed by atoms with Crippen LogP contribution in [0.15, 0.2) is 53.3 Å². The van der Waals surface area contributed by atoms with Gasteiger partial charge in [-0.15, -0.1) is 0 Å². The lowest BCUT2D eigenvalue weighted by molar-refractivity contribution is 0.0842. The zero-order valence-corrected chi connectivity index (χ0v) is 18.2. The molecule has 0 aliphatic rings. The van der Waals surface area contributed by atoms with E-state index in [4.69, 9.17) is 0 Å². The van der Waals surface area contributed by atoms with Crippen LogP contribution in [0.3, 0.4) is 0 Å². The van der Waals surface area contributed by atoms with E-state index in [2.05, 4.69) is 20.9 Å². The minimum atomic E-state index is -0.925. The summed E-state index contributed by atoms with van der Waals surface area (Å²) >= 11 is 0. The molecule has 10 heteroatoms. The van der Waals surface area contributed by atoms with Gasteiger partial charge in [-0.2, -0.15) is 5.10 Å². The lowest BCUT2D eigenvalue weighted by Crippen LogP contribution is -2.44. The van der Waals surface area contributed by atoms with E-state index in [-0.39, 0.29) is 11.3 Å². The molecule has 33 heavy (non-hydrogen) atoms. The number of carbonyl (C=O) groups is 2. The van der Waals surface area contributed by atoms with E-state index in [9.17, 15) is 18.8 Å². The van der Waals surface area contributed by atoms with Crippen LogP contribution in [-0.2, 0) is 6.54 Å². The van der Waals surface area contributed by atoms with Crippen molar-refractivity contribution in [2.75, 3.05) is 0 Å². The number of hydrogen-bond donors (Lipinski definition) is 2. The minimum Gasteiger partial charge on any atom is -0.329 e. The van der Waals surface area contributed by atoms with Crippen LogP contribution in [0.25, 0.3) is 16.7 Å². The minimum absolute atomic E-state index is 0.0863. The second-order valence-electron chi connectivity index (χ2n) is 7.38. The Balaban J connectivity index is 1.55. The molecule has 0 atom stereocenters. The highest BCUT2D eigenvalue weighted by atomic mass is 19.1. The summed E-state index contributed by atoms with van der Waals surface area (Å²) in [5, 5.41) is 4.00. The van der Waals surface area contributed by atoms with Gasteiger partial charge in [-0.3, -0.25) is 25.2 Å². The average molecular weight is 448 g/mol. The normalized spacial score (nSPS) is 10.9. The zero-order valence-electron chi connectivity index (χ0n) is 18.2. The van der Waals surface area contributed by atoms with Crippen molar-refractivity contribution in [2.24, 2.45) is 0 Å². The summed E-state index contributed by atoms with van der Waals surface area (Å²) in [5.74, 6) is -1.25. The molecule has 0 spiro atoms. The average Bonchev–Trinajstić information content (AvgIpc) is 3.12. The smallest absolute Gasteiger partial charge is 0.294 e. The van der Waals surface area contributed by atoms with Gasteiger partial charge in [-0.1, -0.05) is 12.1 Å². The van der Waals surface area contributed by atoms with E-state index in [1.165, 1.54) is 24.3 Å². The van der Waals surface area contributed by atoms with E-state index >= 15 is 0 Å². The molecule has 4 aromatic rings. The Morgan fingerprint density at radius 1 is 1.03 bits per heavy atom. The summed E-state index contributed by atoms with van der Waals surface area (Å²) in [7, 11) is 0. The number of benzene rings is 2. The summed E-state index contributed by atoms with van der Waals surface area (Å²) in [6, 6.07) is 12.0. The molecule has 2 aromatic carbocycles. The fourth-order valence-electron chi connectivity index (χ4n) is 3.61. The molecule has 2 amide bonds. The van der Waals surface area contributed by atoms with Crippen molar-refractivity contribution in [1.29, 1.82) is 0 Å². The molecular weight excluding hydrogens is 427 g/mol. The predicted molar refractivity (Wildman–Crippen MR) is 120 cm³/mol. The Morgan fingerprint density at radius 3 is 2.48 bits per heavy atom. The van der Waals surface area contributed by atoms with E-state index in [0.717, 1.165) is 22.6 Å². The Bertz CT molecular complexity index is 1460. The molecule has 0 saturated heterocycles. The lowest BCUT2D eigenvalue weighted by atomic mass is 10.2. The zero-order chi connectivity index (χ0) is 23.7. The Labute approximate surface area is 187 Å². The topological polar surface area (TPSA) is 111 Å². The molecule has 9 nitrogen and oxygen atoms in total. The third kappa shape index (κ3) is 4.10. The van der Waals surface area contributed by atoms with E-state index in [0.29, 0.717) is 11.2 Å². The largest absolute Gasteiger partial charge is 0.329 e.